The summed E-state index contributed by atoms with van der Waals surface area (Å²) in [5, 5.41) is 0.514. The monoisotopic (exact) mass is 386 g/mol. The molecule has 0 radical (unpaired) electrons. The highest BCUT2D eigenvalue weighted by Gasteiger charge is 2.39. The maximum absolute atomic E-state index is 12.5. The number of amides is 3. The minimum atomic E-state index is -0.821. The van der Waals surface area contributed by atoms with Crippen molar-refractivity contribution in [3.05, 3.63) is 59.1 Å². The summed E-state index contributed by atoms with van der Waals surface area (Å²) in [5.74, 6) is -1.15. The van der Waals surface area contributed by atoms with E-state index in [4.69, 9.17) is 11.6 Å². The van der Waals surface area contributed by atoms with Crippen molar-refractivity contribution in [2.24, 2.45) is 0 Å². The van der Waals surface area contributed by atoms with Gasteiger partial charge in [0.1, 0.15) is 6.04 Å². The molecule has 0 bridgehead atoms. The summed E-state index contributed by atoms with van der Waals surface area (Å²) in [4.78, 5) is 40.0. The van der Waals surface area contributed by atoms with E-state index in [1.54, 1.807) is 36.4 Å². The molecular formula is C19H19ClN4O3. The smallest absolute Gasteiger partial charge is 0.265 e. The lowest BCUT2D eigenvalue weighted by molar-refractivity contribution is -0.121. The van der Waals surface area contributed by atoms with Crippen LogP contribution in [0.4, 0.5) is 11.4 Å². The van der Waals surface area contributed by atoms with Crippen LogP contribution >= 0.6 is 11.6 Å². The van der Waals surface area contributed by atoms with Gasteiger partial charge in [0.25, 0.3) is 11.8 Å². The highest BCUT2D eigenvalue weighted by atomic mass is 35.5. The number of hydrazine groups is 1. The van der Waals surface area contributed by atoms with Crippen molar-refractivity contribution in [2.45, 2.75) is 12.5 Å². The molecule has 1 aliphatic heterocycles. The fraction of sp³-hybridized carbons (Fsp3) is 0.211. The third kappa shape index (κ3) is 4.10. The van der Waals surface area contributed by atoms with Gasteiger partial charge in [0.2, 0.25) is 5.91 Å². The van der Waals surface area contributed by atoms with Crippen LogP contribution in [0.5, 0.6) is 0 Å². The average molecular weight is 387 g/mol. The van der Waals surface area contributed by atoms with E-state index in [9.17, 15) is 14.4 Å². The van der Waals surface area contributed by atoms with Gasteiger partial charge in [-0.3, -0.25) is 19.8 Å². The van der Waals surface area contributed by atoms with Crippen LogP contribution < -0.4 is 20.7 Å². The second-order valence-corrected chi connectivity index (χ2v) is 6.78. The quantitative estimate of drug-likeness (QED) is 0.606. The first kappa shape index (κ1) is 18.9. The van der Waals surface area contributed by atoms with Gasteiger partial charge in [-0.25, -0.2) is 10.3 Å². The molecule has 1 aliphatic rings. The van der Waals surface area contributed by atoms with Crippen LogP contribution in [0.25, 0.3) is 0 Å². The maximum Gasteiger partial charge on any atom is 0.265 e. The van der Waals surface area contributed by atoms with E-state index < -0.39 is 11.9 Å². The van der Waals surface area contributed by atoms with Crippen molar-refractivity contribution in [3.8, 4) is 0 Å². The third-order valence-corrected chi connectivity index (χ3v) is 4.49. The standard InChI is InChI=1S/C19H19ClN4O3/c1-23(2)14-7-3-12(4-8-14)18(26)22-21-16-11-17(25)24(19(16)27)15-9-5-13(20)6-10-15/h3-10,16,21H,11H2,1-2H3,(H,22,26)/t16-/m0/s1. The Kier molecular flexibility index (Phi) is 5.43. The van der Waals surface area contributed by atoms with Crippen LogP contribution in [0.3, 0.4) is 0 Å². The number of halogens is 1. The molecule has 7 nitrogen and oxygen atoms in total. The Hall–Kier alpha value is -2.90. The highest BCUT2D eigenvalue weighted by Crippen LogP contribution is 2.24. The first-order chi connectivity index (χ1) is 12.9. The number of hydrogen-bond acceptors (Lipinski definition) is 5. The predicted molar refractivity (Wildman–Crippen MR) is 104 cm³/mol. The van der Waals surface area contributed by atoms with Crippen molar-refractivity contribution >= 4 is 40.7 Å². The fourth-order valence-electron chi connectivity index (χ4n) is 2.74. The number of carbonyl (C=O) groups excluding carboxylic acids is 3. The zero-order valence-electron chi connectivity index (χ0n) is 14.9. The third-order valence-electron chi connectivity index (χ3n) is 4.24. The van der Waals surface area contributed by atoms with Crippen molar-refractivity contribution in [1.82, 2.24) is 10.9 Å². The lowest BCUT2D eigenvalue weighted by Gasteiger charge is -2.16. The SMILES string of the molecule is CN(C)c1ccc(C(=O)NN[C@H]2CC(=O)N(c3ccc(Cl)cc3)C2=O)cc1. The number of nitrogens with zero attached hydrogens (tertiary/aromatic N) is 2. The molecule has 0 spiro atoms. The Morgan fingerprint density at radius 3 is 2.30 bits per heavy atom. The Morgan fingerprint density at radius 1 is 1.07 bits per heavy atom. The molecule has 1 atom stereocenters. The van der Waals surface area contributed by atoms with Crippen LogP contribution in [0.1, 0.15) is 16.8 Å². The molecule has 2 aromatic carbocycles. The van der Waals surface area contributed by atoms with E-state index in [2.05, 4.69) is 10.9 Å². The van der Waals surface area contributed by atoms with E-state index in [0.717, 1.165) is 10.6 Å². The van der Waals surface area contributed by atoms with Gasteiger partial charge in [-0.1, -0.05) is 11.6 Å². The summed E-state index contributed by atoms with van der Waals surface area (Å²) in [6, 6.07) is 12.6. The summed E-state index contributed by atoms with van der Waals surface area (Å²) in [7, 11) is 3.82. The summed E-state index contributed by atoms with van der Waals surface area (Å²) in [5.41, 5.74) is 7.02. The molecule has 140 valence electrons. The van der Waals surface area contributed by atoms with Crippen LogP contribution in [0.15, 0.2) is 48.5 Å². The first-order valence-electron chi connectivity index (χ1n) is 8.32. The Balaban J connectivity index is 1.62. The van der Waals surface area contributed by atoms with Crippen LogP contribution in [-0.2, 0) is 9.59 Å². The number of anilines is 2. The number of nitrogens with one attached hydrogen (secondary N) is 2. The minimum absolute atomic E-state index is 0.0404. The molecule has 27 heavy (non-hydrogen) atoms. The highest BCUT2D eigenvalue weighted by molar-refractivity contribution is 6.30. The van der Waals surface area contributed by atoms with Gasteiger partial charge in [0, 0.05) is 30.4 Å². The van der Waals surface area contributed by atoms with E-state index in [1.807, 2.05) is 31.1 Å². The lowest BCUT2D eigenvalue weighted by Crippen LogP contribution is -2.48. The molecule has 1 heterocycles. The van der Waals surface area contributed by atoms with E-state index in [-0.39, 0.29) is 18.2 Å². The normalized spacial score (nSPS) is 16.6. The molecule has 0 aromatic heterocycles. The number of rotatable bonds is 5. The molecule has 0 unspecified atom stereocenters. The Labute approximate surface area is 161 Å². The topological polar surface area (TPSA) is 81.8 Å². The summed E-state index contributed by atoms with van der Waals surface area (Å²) >= 11 is 5.84. The number of imide groups is 1. The van der Waals surface area contributed by atoms with E-state index >= 15 is 0 Å². The van der Waals surface area contributed by atoms with Crippen molar-refractivity contribution in [3.63, 3.8) is 0 Å². The van der Waals surface area contributed by atoms with Gasteiger partial charge in [-0.05, 0) is 48.5 Å². The van der Waals surface area contributed by atoms with Crippen molar-refractivity contribution < 1.29 is 14.4 Å². The van der Waals surface area contributed by atoms with Crippen molar-refractivity contribution in [1.29, 1.82) is 0 Å². The van der Waals surface area contributed by atoms with E-state index in [0.29, 0.717) is 16.3 Å². The second-order valence-electron chi connectivity index (χ2n) is 6.34. The van der Waals surface area contributed by atoms with Gasteiger partial charge in [0.05, 0.1) is 12.1 Å². The van der Waals surface area contributed by atoms with Gasteiger partial charge in [0.15, 0.2) is 0 Å². The van der Waals surface area contributed by atoms with Gasteiger partial charge in [-0.15, -0.1) is 0 Å². The summed E-state index contributed by atoms with van der Waals surface area (Å²) in [6.45, 7) is 0. The zero-order valence-corrected chi connectivity index (χ0v) is 15.7. The molecule has 0 aliphatic carbocycles. The van der Waals surface area contributed by atoms with Crippen molar-refractivity contribution in [2.75, 3.05) is 23.9 Å². The summed E-state index contributed by atoms with van der Waals surface area (Å²) < 4.78 is 0. The van der Waals surface area contributed by atoms with Crippen LogP contribution in [0, 0.1) is 0 Å². The average Bonchev–Trinajstić information content (AvgIpc) is 2.94. The molecule has 1 fully saturated rings. The van der Waals surface area contributed by atoms with Crippen LogP contribution in [0.2, 0.25) is 5.02 Å². The molecule has 3 amide bonds. The largest absolute Gasteiger partial charge is 0.378 e. The Bertz CT molecular complexity index is 866. The predicted octanol–water partition coefficient (Wildman–Crippen LogP) is 1.97. The number of carbonyl (C=O) groups is 3. The van der Waals surface area contributed by atoms with Crippen LogP contribution in [-0.4, -0.2) is 37.9 Å². The molecule has 3 rings (SSSR count). The molecule has 1 saturated heterocycles. The molecule has 0 saturated carbocycles. The van der Waals surface area contributed by atoms with Gasteiger partial charge in [-0.2, -0.15) is 0 Å². The Morgan fingerprint density at radius 2 is 1.70 bits per heavy atom. The maximum atomic E-state index is 12.5. The lowest BCUT2D eigenvalue weighted by atomic mass is 10.2. The minimum Gasteiger partial charge on any atom is -0.378 e. The van der Waals surface area contributed by atoms with E-state index in [1.165, 1.54) is 0 Å². The first-order valence-corrected chi connectivity index (χ1v) is 8.70. The summed E-state index contributed by atoms with van der Waals surface area (Å²) in [6.07, 6.45) is -0.0404. The molecule has 2 aromatic rings. The molecule has 2 N–H and O–H groups in total. The second kappa shape index (κ2) is 7.77. The van der Waals surface area contributed by atoms with Gasteiger partial charge >= 0.3 is 0 Å². The number of benzene rings is 2. The number of hydrogen-bond donors (Lipinski definition) is 2. The molecule has 8 heteroatoms. The fourth-order valence-corrected chi connectivity index (χ4v) is 2.87. The van der Waals surface area contributed by atoms with Gasteiger partial charge < -0.3 is 4.90 Å². The zero-order chi connectivity index (χ0) is 19.6. The molecular weight excluding hydrogens is 368 g/mol.